The van der Waals surface area contributed by atoms with Crippen LogP contribution in [0.3, 0.4) is 0 Å². The first-order valence-corrected chi connectivity index (χ1v) is 13.6. The minimum atomic E-state index is -0.543. The summed E-state index contributed by atoms with van der Waals surface area (Å²) in [4.78, 5) is 61.8. The van der Waals surface area contributed by atoms with Crippen molar-refractivity contribution in [2.45, 2.75) is 58.2 Å². The molecule has 2 amide bonds. The van der Waals surface area contributed by atoms with Crippen molar-refractivity contribution in [3.8, 4) is 0 Å². The molecule has 3 aromatic rings. The standard InChI is InChI=1S/C28H34N8O4/c1-28(2,3)40-27(39)34-14-5-13-33(16-17-34)22-8-7-20(18-31-22)26(38)36(23-9-11-29-19-32-23)21-6-4-15-35-24(37)10-12-30-25(21)35/h7-12,18-19,21H,4-6,13-17H2,1-3H3. The van der Waals surface area contributed by atoms with E-state index >= 15 is 0 Å². The van der Waals surface area contributed by atoms with Crippen LogP contribution < -0.4 is 15.4 Å². The highest BCUT2D eigenvalue weighted by molar-refractivity contribution is 6.05. The van der Waals surface area contributed by atoms with Crippen LogP contribution in [0.1, 0.15) is 62.3 Å². The second-order valence-corrected chi connectivity index (χ2v) is 10.9. The number of amides is 2. The zero-order valence-electron chi connectivity index (χ0n) is 23.1. The molecule has 5 heterocycles. The Kier molecular flexibility index (Phi) is 7.76. The third kappa shape index (κ3) is 5.95. The maximum atomic E-state index is 14.0. The van der Waals surface area contributed by atoms with E-state index in [2.05, 4.69) is 24.8 Å². The van der Waals surface area contributed by atoms with Gasteiger partial charge in [-0.1, -0.05) is 0 Å². The lowest BCUT2D eigenvalue weighted by atomic mass is 10.0. The smallest absolute Gasteiger partial charge is 0.410 e. The highest BCUT2D eigenvalue weighted by atomic mass is 16.6. The zero-order chi connectivity index (χ0) is 28.3. The van der Waals surface area contributed by atoms with Crippen LogP contribution in [0.5, 0.6) is 0 Å². The molecule has 0 saturated carbocycles. The minimum absolute atomic E-state index is 0.140. The van der Waals surface area contributed by atoms with Crippen molar-refractivity contribution in [2.24, 2.45) is 0 Å². The van der Waals surface area contributed by atoms with Gasteiger partial charge in [-0.15, -0.1) is 0 Å². The van der Waals surface area contributed by atoms with Gasteiger partial charge in [-0.05, 0) is 58.2 Å². The Hall–Kier alpha value is -4.35. The van der Waals surface area contributed by atoms with Gasteiger partial charge in [-0.2, -0.15) is 0 Å². The summed E-state index contributed by atoms with van der Waals surface area (Å²) >= 11 is 0. The van der Waals surface area contributed by atoms with Gasteiger partial charge in [0, 0.05) is 57.4 Å². The van der Waals surface area contributed by atoms with Gasteiger partial charge in [-0.3, -0.25) is 19.1 Å². The van der Waals surface area contributed by atoms with Crippen LogP contribution in [-0.2, 0) is 11.3 Å². The van der Waals surface area contributed by atoms with Crippen molar-refractivity contribution in [2.75, 3.05) is 36.0 Å². The Morgan fingerprint density at radius 1 is 0.950 bits per heavy atom. The van der Waals surface area contributed by atoms with E-state index in [0.29, 0.717) is 49.8 Å². The van der Waals surface area contributed by atoms with E-state index in [0.717, 1.165) is 25.2 Å². The van der Waals surface area contributed by atoms with Crippen LogP contribution in [0.25, 0.3) is 0 Å². The molecule has 0 bridgehead atoms. The fourth-order valence-corrected chi connectivity index (χ4v) is 5.08. The Balaban J connectivity index is 1.36. The summed E-state index contributed by atoms with van der Waals surface area (Å²) in [5, 5.41) is 0. The van der Waals surface area contributed by atoms with Gasteiger partial charge in [0.25, 0.3) is 11.5 Å². The number of anilines is 2. The Bertz CT molecular complexity index is 1400. The molecule has 1 fully saturated rings. The largest absolute Gasteiger partial charge is 0.444 e. The first-order chi connectivity index (χ1) is 19.2. The molecule has 0 aliphatic carbocycles. The van der Waals surface area contributed by atoms with Crippen molar-refractivity contribution in [1.29, 1.82) is 0 Å². The average molecular weight is 547 g/mol. The third-order valence-corrected chi connectivity index (χ3v) is 6.93. The summed E-state index contributed by atoms with van der Waals surface area (Å²) in [6, 6.07) is 6.22. The fraction of sp³-hybridized carbons (Fsp3) is 0.464. The molecule has 1 unspecified atom stereocenters. The SMILES string of the molecule is CC(C)(C)OC(=O)N1CCCN(c2ccc(C(=O)N(c3ccncn3)C3CCCn4c3nccc4=O)cn2)CC1. The molecule has 5 rings (SSSR count). The van der Waals surface area contributed by atoms with Crippen LogP contribution >= 0.6 is 0 Å². The molecule has 12 nitrogen and oxygen atoms in total. The van der Waals surface area contributed by atoms with Crippen LogP contribution in [0.2, 0.25) is 0 Å². The van der Waals surface area contributed by atoms with Crippen LogP contribution in [0.4, 0.5) is 16.4 Å². The molecular formula is C28H34N8O4. The molecule has 210 valence electrons. The number of nitrogens with zero attached hydrogens (tertiary/aromatic N) is 8. The second-order valence-electron chi connectivity index (χ2n) is 10.9. The van der Waals surface area contributed by atoms with Crippen LogP contribution in [-0.4, -0.2) is 73.2 Å². The molecule has 40 heavy (non-hydrogen) atoms. The van der Waals surface area contributed by atoms with E-state index in [4.69, 9.17) is 4.74 Å². The minimum Gasteiger partial charge on any atom is -0.444 e. The van der Waals surface area contributed by atoms with Crippen molar-refractivity contribution in [3.05, 3.63) is 70.9 Å². The Morgan fingerprint density at radius 3 is 2.52 bits per heavy atom. The number of hydrogen-bond donors (Lipinski definition) is 0. The first kappa shape index (κ1) is 27.2. The summed E-state index contributed by atoms with van der Waals surface area (Å²) in [5.74, 6) is 1.40. The van der Waals surface area contributed by atoms with E-state index in [9.17, 15) is 14.4 Å². The van der Waals surface area contributed by atoms with Crippen LogP contribution in [0, 0.1) is 0 Å². The van der Waals surface area contributed by atoms with Crippen molar-refractivity contribution < 1.29 is 14.3 Å². The first-order valence-electron chi connectivity index (χ1n) is 13.6. The lowest BCUT2D eigenvalue weighted by Gasteiger charge is -2.34. The maximum absolute atomic E-state index is 14.0. The molecule has 0 N–H and O–H groups in total. The molecular weight excluding hydrogens is 512 g/mol. The summed E-state index contributed by atoms with van der Waals surface area (Å²) in [6.07, 6.45) is 7.85. The normalized spacial score (nSPS) is 17.5. The summed E-state index contributed by atoms with van der Waals surface area (Å²) in [6.45, 7) is 8.59. The van der Waals surface area contributed by atoms with E-state index < -0.39 is 11.6 Å². The van der Waals surface area contributed by atoms with E-state index in [1.807, 2.05) is 26.8 Å². The predicted molar refractivity (Wildman–Crippen MR) is 148 cm³/mol. The predicted octanol–water partition coefficient (Wildman–Crippen LogP) is 3.06. The number of pyridine rings is 1. The van der Waals surface area contributed by atoms with Gasteiger partial charge >= 0.3 is 6.09 Å². The molecule has 1 saturated heterocycles. The molecule has 2 aliphatic heterocycles. The van der Waals surface area contributed by atoms with Gasteiger partial charge < -0.3 is 14.5 Å². The van der Waals surface area contributed by atoms with Gasteiger partial charge in [0.2, 0.25) is 0 Å². The number of aromatic nitrogens is 5. The molecule has 0 spiro atoms. The Morgan fingerprint density at radius 2 is 1.80 bits per heavy atom. The lowest BCUT2D eigenvalue weighted by molar-refractivity contribution is 0.0263. The second kappa shape index (κ2) is 11.4. The summed E-state index contributed by atoms with van der Waals surface area (Å²) in [7, 11) is 0. The fourth-order valence-electron chi connectivity index (χ4n) is 5.08. The number of carbonyl (C=O) groups is 2. The number of carbonyl (C=O) groups excluding carboxylic acids is 2. The molecule has 12 heteroatoms. The quantitative estimate of drug-likeness (QED) is 0.485. The van der Waals surface area contributed by atoms with Gasteiger partial charge in [-0.25, -0.2) is 24.7 Å². The zero-order valence-corrected chi connectivity index (χ0v) is 23.1. The average Bonchev–Trinajstić information content (AvgIpc) is 3.20. The van der Waals surface area contributed by atoms with Gasteiger partial charge in [0.1, 0.15) is 29.4 Å². The highest BCUT2D eigenvalue weighted by Gasteiger charge is 2.34. The molecule has 1 atom stereocenters. The van der Waals surface area contributed by atoms with Gasteiger partial charge in [0.15, 0.2) is 0 Å². The van der Waals surface area contributed by atoms with Gasteiger partial charge in [0.05, 0.1) is 11.6 Å². The summed E-state index contributed by atoms with van der Waals surface area (Å²) in [5.41, 5.74) is -0.292. The van der Waals surface area contributed by atoms with E-state index in [1.54, 1.807) is 38.9 Å². The van der Waals surface area contributed by atoms with Crippen molar-refractivity contribution in [3.63, 3.8) is 0 Å². The highest BCUT2D eigenvalue weighted by Crippen LogP contribution is 2.32. The lowest BCUT2D eigenvalue weighted by Crippen LogP contribution is -2.41. The number of rotatable bonds is 4. The number of hydrogen-bond acceptors (Lipinski definition) is 9. The molecule has 2 aliphatic rings. The molecule has 0 aromatic carbocycles. The third-order valence-electron chi connectivity index (χ3n) is 6.93. The number of ether oxygens (including phenoxy) is 1. The maximum Gasteiger partial charge on any atom is 0.410 e. The summed E-state index contributed by atoms with van der Waals surface area (Å²) < 4.78 is 7.15. The molecule has 0 radical (unpaired) electrons. The Labute approximate surface area is 232 Å². The number of fused-ring (bicyclic) bond motifs is 1. The monoisotopic (exact) mass is 546 g/mol. The molecule has 3 aromatic heterocycles. The van der Waals surface area contributed by atoms with E-state index in [-0.39, 0.29) is 17.6 Å². The van der Waals surface area contributed by atoms with Crippen molar-refractivity contribution >= 4 is 23.6 Å². The topological polar surface area (TPSA) is 127 Å². The van der Waals surface area contributed by atoms with E-state index in [1.165, 1.54) is 18.6 Å². The van der Waals surface area contributed by atoms with Crippen molar-refractivity contribution in [1.82, 2.24) is 29.4 Å². The van der Waals surface area contributed by atoms with Crippen LogP contribution in [0.15, 0.2) is 54.0 Å².